The number of alkyl halides is 1. The first-order valence-corrected chi connectivity index (χ1v) is 4.36. The first-order valence-electron chi connectivity index (χ1n) is 3.24. The van der Waals surface area contributed by atoms with Gasteiger partial charge in [-0.1, -0.05) is 15.9 Å². The highest BCUT2D eigenvalue weighted by atomic mass is 79.9. The van der Waals surface area contributed by atoms with Crippen LogP contribution in [-0.2, 0) is 14.3 Å². The van der Waals surface area contributed by atoms with Gasteiger partial charge in [-0.3, -0.25) is 4.79 Å². The SMILES string of the molecule is COC(=O)NCCOC(=O)CBr. The lowest BCUT2D eigenvalue weighted by molar-refractivity contribution is -0.140. The molecular formula is C6H10BrNO4. The molecule has 0 fully saturated rings. The molecule has 0 aromatic heterocycles. The van der Waals surface area contributed by atoms with Crippen LogP contribution in [0.4, 0.5) is 4.79 Å². The molecule has 0 aromatic carbocycles. The molecule has 70 valence electrons. The minimum atomic E-state index is -0.537. The molecular weight excluding hydrogens is 230 g/mol. The number of hydrogen-bond acceptors (Lipinski definition) is 4. The Morgan fingerprint density at radius 3 is 2.67 bits per heavy atom. The molecule has 0 aliphatic carbocycles. The minimum absolute atomic E-state index is 0.152. The highest BCUT2D eigenvalue weighted by Crippen LogP contribution is 1.84. The van der Waals surface area contributed by atoms with Crippen molar-refractivity contribution in [3.63, 3.8) is 0 Å². The fraction of sp³-hybridized carbons (Fsp3) is 0.667. The Kier molecular flexibility index (Phi) is 6.45. The van der Waals surface area contributed by atoms with Crippen LogP contribution in [0.2, 0.25) is 0 Å². The van der Waals surface area contributed by atoms with Crippen molar-refractivity contribution >= 4 is 28.0 Å². The van der Waals surface area contributed by atoms with Crippen molar-refractivity contribution in [3.8, 4) is 0 Å². The molecule has 0 aliphatic heterocycles. The third kappa shape index (κ3) is 5.96. The van der Waals surface area contributed by atoms with Crippen LogP contribution >= 0.6 is 15.9 Å². The minimum Gasteiger partial charge on any atom is -0.463 e. The van der Waals surface area contributed by atoms with Gasteiger partial charge >= 0.3 is 12.1 Å². The molecule has 0 atom stereocenters. The van der Waals surface area contributed by atoms with E-state index in [4.69, 9.17) is 0 Å². The first kappa shape index (κ1) is 11.2. The Balaban J connectivity index is 3.21. The average Bonchev–Trinajstić information content (AvgIpc) is 2.11. The summed E-state index contributed by atoms with van der Waals surface area (Å²) in [7, 11) is 1.26. The zero-order valence-electron chi connectivity index (χ0n) is 6.63. The van der Waals surface area contributed by atoms with E-state index in [1.807, 2.05) is 0 Å². The van der Waals surface area contributed by atoms with Crippen LogP contribution in [0.5, 0.6) is 0 Å². The van der Waals surface area contributed by atoms with Crippen molar-refractivity contribution in [2.75, 3.05) is 25.6 Å². The van der Waals surface area contributed by atoms with Gasteiger partial charge in [0.1, 0.15) is 11.9 Å². The quantitative estimate of drug-likeness (QED) is 0.435. The molecule has 0 heterocycles. The molecule has 0 bridgehead atoms. The second-order valence-corrected chi connectivity index (χ2v) is 2.33. The molecule has 0 unspecified atom stereocenters. The van der Waals surface area contributed by atoms with Gasteiger partial charge in [0.05, 0.1) is 13.7 Å². The number of alkyl carbamates (subject to hydrolysis) is 1. The van der Waals surface area contributed by atoms with Gasteiger partial charge in [0, 0.05) is 0 Å². The van der Waals surface area contributed by atoms with Crippen LogP contribution in [0.15, 0.2) is 0 Å². The normalized spacial score (nSPS) is 8.83. The third-order valence-electron chi connectivity index (χ3n) is 0.929. The summed E-state index contributed by atoms with van der Waals surface area (Å²) in [6, 6.07) is 0. The van der Waals surface area contributed by atoms with Crippen molar-refractivity contribution < 1.29 is 19.1 Å². The van der Waals surface area contributed by atoms with E-state index in [0.29, 0.717) is 0 Å². The fourth-order valence-electron chi connectivity index (χ4n) is 0.429. The number of nitrogens with one attached hydrogen (secondary N) is 1. The number of ether oxygens (including phenoxy) is 2. The summed E-state index contributed by atoms with van der Waals surface area (Å²) in [5.41, 5.74) is 0. The monoisotopic (exact) mass is 239 g/mol. The standard InChI is InChI=1S/C6H10BrNO4/c1-11-6(10)8-2-3-12-5(9)4-7/h2-4H2,1H3,(H,8,10). The van der Waals surface area contributed by atoms with Gasteiger partial charge in [0.2, 0.25) is 0 Å². The number of halogens is 1. The van der Waals surface area contributed by atoms with Crippen molar-refractivity contribution in [2.24, 2.45) is 0 Å². The molecule has 5 nitrogen and oxygen atoms in total. The largest absolute Gasteiger partial charge is 0.463 e. The summed E-state index contributed by atoms with van der Waals surface area (Å²) in [6.07, 6.45) is -0.537. The van der Waals surface area contributed by atoms with Crippen LogP contribution in [-0.4, -0.2) is 37.7 Å². The lowest BCUT2D eigenvalue weighted by Crippen LogP contribution is -2.27. The summed E-state index contributed by atoms with van der Waals surface area (Å²) >= 11 is 2.92. The maximum Gasteiger partial charge on any atom is 0.406 e. The zero-order valence-corrected chi connectivity index (χ0v) is 8.22. The Hall–Kier alpha value is -0.780. The third-order valence-corrected chi connectivity index (χ3v) is 1.39. The molecule has 0 radical (unpaired) electrons. The predicted molar refractivity (Wildman–Crippen MR) is 45.2 cm³/mol. The summed E-state index contributed by atoms with van der Waals surface area (Å²) in [5, 5.41) is 2.52. The van der Waals surface area contributed by atoms with Crippen LogP contribution in [0.25, 0.3) is 0 Å². The zero-order chi connectivity index (χ0) is 9.40. The van der Waals surface area contributed by atoms with Crippen molar-refractivity contribution in [2.45, 2.75) is 0 Å². The predicted octanol–water partition coefficient (Wildman–Crippen LogP) is 0.280. The molecule has 0 aromatic rings. The van der Waals surface area contributed by atoms with E-state index in [0.717, 1.165) is 0 Å². The van der Waals surface area contributed by atoms with Crippen LogP contribution in [0.3, 0.4) is 0 Å². The second-order valence-electron chi connectivity index (χ2n) is 1.77. The summed E-state index contributed by atoms with van der Waals surface area (Å²) < 4.78 is 8.91. The van der Waals surface area contributed by atoms with Gasteiger partial charge < -0.3 is 14.8 Å². The van der Waals surface area contributed by atoms with Crippen molar-refractivity contribution in [1.29, 1.82) is 0 Å². The van der Waals surface area contributed by atoms with E-state index < -0.39 is 6.09 Å². The molecule has 1 N–H and O–H groups in total. The van der Waals surface area contributed by atoms with Gasteiger partial charge in [-0.05, 0) is 0 Å². The van der Waals surface area contributed by atoms with Gasteiger partial charge in [-0.25, -0.2) is 4.79 Å². The molecule has 6 heteroatoms. The Labute approximate surface area is 78.5 Å². The van der Waals surface area contributed by atoms with Gasteiger partial charge in [-0.15, -0.1) is 0 Å². The van der Waals surface area contributed by atoms with Crippen LogP contribution in [0, 0.1) is 0 Å². The average molecular weight is 240 g/mol. The molecule has 0 rings (SSSR count). The van der Waals surface area contributed by atoms with Crippen LogP contribution < -0.4 is 5.32 Å². The number of rotatable bonds is 4. The number of hydrogen-bond donors (Lipinski definition) is 1. The molecule has 12 heavy (non-hydrogen) atoms. The number of carbonyl (C=O) groups is 2. The van der Waals surface area contributed by atoms with Gasteiger partial charge in [0.25, 0.3) is 0 Å². The Morgan fingerprint density at radius 1 is 1.50 bits per heavy atom. The Morgan fingerprint density at radius 2 is 2.17 bits per heavy atom. The lowest BCUT2D eigenvalue weighted by Gasteiger charge is -2.03. The van der Waals surface area contributed by atoms with Crippen molar-refractivity contribution in [3.05, 3.63) is 0 Å². The highest BCUT2D eigenvalue weighted by molar-refractivity contribution is 9.09. The van der Waals surface area contributed by atoms with E-state index in [1.54, 1.807) is 0 Å². The van der Waals surface area contributed by atoms with E-state index in [1.165, 1.54) is 7.11 Å². The maximum atomic E-state index is 10.5. The second kappa shape index (κ2) is 6.90. The molecule has 1 amide bonds. The number of esters is 1. The summed E-state index contributed by atoms with van der Waals surface area (Å²) in [6.45, 7) is 0.408. The summed E-state index contributed by atoms with van der Waals surface area (Å²) in [4.78, 5) is 21.0. The molecule has 0 spiro atoms. The first-order chi connectivity index (χ1) is 5.70. The van der Waals surface area contributed by atoms with E-state index in [-0.39, 0.29) is 24.5 Å². The molecule has 0 saturated carbocycles. The van der Waals surface area contributed by atoms with Crippen molar-refractivity contribution in [1.82, 2.24) is 5.32 Å². The fourth-order valence-corrected chi connectivity index (χ4v) is 0.591. The van der Waals surface area contributed by atoms with E-state index in [9.17, 15) is 9.59 Å². The maximum absolute atomic E-state index is 10.5. The smallest absolute Gasteiger partial charge is 0.406 e. The highest BCUT2D eigenvalue weighted by Gasteiger charge is 2.00. The summed E-state index contributed by atoms with van der Waals surface area (Å²) in [5.74, 6) is -0.360. The molecule has 0 saturated heterocycles. The van der Waals surface area contributed by atoms with Gasteiger partial charge in [0.15, 0.2) is 0 Å². The van der Waals surface area contributed by atoms with Crippen LogP contribution in [0.1, 0.15) is 0 Å². The number of amides is 1. The topological polar surface area (TPSA) is 64.6 Å². The van der Waals surface area contributed by atoms with E-state index >= 15 is 0 Å². The number of carbonyl (C=O) groups excluding carboxylic acids is 2. The van der Waals surface area contributed by atoms with E-state index in [2.05, 4.69) is 30.7 Å². The lowest BCUT2D eigenvalue weighted by atomic mass is 10.7. The molecule has 0 aliphatic rings. The number of methoxy groups -OCH3 is 1. The van der Waals surface area contributed by atoms with Gasteiger partial charge in [-0.2, -0.15) is 0 Å². The Bertz CT molecular complexity index is 144.